The summed E-state index contributed by atoms with van der Waals surface area (Å²) in [6, 6.07) is 4.76. The zero-order valence-corrected chi connectivity index (χ0v) is 12.1. The molecular formula is C15H20N2O4. The van der Waals surface area contributed by atoms with Gasteiger partial charge >= 0.3 is 5.97 Å². The van der Waals surface area contributed by atoms with Crippen molar-refractivity contribution in [3.63, 3.8) is 0 Å². The van der Waals surface area contributed by atoms with Gasteiger partial charge < -0.3 is 19.5 Å². The summed E-state index contributed by atoms with van der Waals surface area (Å²) in [6.45, 7) is 3.63. The van der Waals surface area contributed by atoms with E-state index >= 15 is 0 Å². The molecule has 21 heavy (non-hydrogen) atoms. The molecule has 1 N–H and O–H groups in total. The van der Waals surface area contributed by atoms with E-state index in [-0.39, 0.29) is 6.79 Å². The molecule has 1 aromatic rings. The SMILES string of the molecule is CN1CCCN([C@@H](C(=O)O)c2ccc3c(c2)OCO3)CC1. The predicted octanol–water partition coefficient (Wildman–Crippen LogP) is 1.18. The summed E-state index contributed by atoms with van der Waals surface area (Å²) in [5.74, 6) is 0.489. The Morgan fingerprint density at radius 3 is 2.81 bits per heavy atom. The minimum absolute atomic E-state index is 0.199. The summed E-state index contributed by atoms with van der Waals surface area (Å²) in [5, 5.41) is 9.66. The lowest BCUT2D eigenvalue weighted by Gasteiger charge is -2.27. The fourth-order valence-electron chi connectivity index (χ4n) is 2.92. The standard InChI is InChI=1S/C15H20N2O4/c1-16-5-2-6-17(8-7-16)14(15(18)19)11-3-4-12-13(9-11)21-10-20-12/h3-4,9,14H,2,5-8,10H2,1H3,(H,18,19)/t14-/m1/s1. The Balaban J connectivity index is 1.85. The van der Waals surface area contributed by atoms with Gasteiger partial charge in [-0.15, -0.1) is 0 Å². The topological polar surface area (TPSA) is 62.2 Å². The van der Waals surface area contributed by atoms with Crippen molar-refractivity contribution < 1.29 is 19.4 Å². The molecule has 6 nitrogen and oxygen atoms in total. The summed E-state index contributed by atoms with van der Waals surface area (Å²) >= 11 is 0. The van der Waals surface area contributed by atoms with E-state index in [1.54, 1.807) is 12.1 Å². The summed E-state index contributed by atoms with van der Waals surface area (Å²) in [6.07, 6.45) is 0.977. The molecule has 2 heterocycles. The molecule has 1 saturated heterocycles. The van der Waals surface area contributed by atoms with Gasteiger partial charge in [0.15, 0.2) is 11.5 Å². The fourth-order valence-corrected chi connectivity index (χ4v) is 2.92. The Morgan fingerprint density at radius 2 is 2.00 bits per heavy atom. The smallest absolute Gasteiger partial charge is 0.325 e. The molecule has 2 aliphatic heterocycles. The first kappa shape index (κ1) is 14.2. The van der Waals surface area contributed by atoms with Crippen LogP contribution in [0.5, 0.6) is 11.5 Å². The van der Waals surface area contributed by atoms with Crippen LogP contribution in [0, 0.1) is 0 Å². The van der Waals surface area contributed by atoms with Crippen LogP contribution in [0.15, 0.2) is 18.2 Å². The summed E-state index contributed by atoms with van der Waals surface area (Å²) in [7, 11) is 2.07. The zero-order chi connectivity index (χ0) is 14.8. The quantitative estimate of drug-likeness (QED) is 0.902. The molecule has 2 aliphatic rings. The van der Waals surface area contributed by atoms with Gasteiger partial charge in [0.05, 0.1) is 0 Å². The van der Waals surface area contributed by atoms with E-state index in [2.05, 4.69) is 11.9 Å². The number of rotatable bonds is 3. The number of likely N-dealkylation sites (N-methyl/N-ethyl adjacent to an activating group) is 1. The van der Waals surface area contributed by atoms with Crippen LogP contribution in [-0.4, -0.2) is 60.9 Å². The lowest BCUT2D eigenvalue weighted by Crippen LogP contribution is -2.36. The van der Waals surface area contributed by atoms with Crippen LogP contribution in [-0.2, 0) is 4.79 Å². The molecule has 0 unspecified atom stereocenters. The highest BCUT2D eigenvalue weighted by Gasteiger charge is 2.30. The largest absolute Gasteiger partial charge is 0.480 e. The van der Waals surface area contributed by atoms with E-state index in [0.29, 0.717) is 11.5 Å². The number of benzene rings is 1. The lowest BCUT2D eigenvalue weighted by molar-refractivity contribution is -0.143. The van der Waals surface area contributed by atoms with E-state index in [4.69, 9.17) is 9.47 Å². The molecular weight excluding hydrogens is 272 g/mol. The van der Waals surface area contributed by atoms with Gasteiger partial charge in [-0.25, -0.2) is 0 Å². The van der Waals surface area contributed by atoms with Crippen molar-refractivity contribution in [3.8, 4) is 11.5 Å². The predicted molar refractivity (Wildman–Crippen MR) is 76.6 cm³/mol. The third kappa shape index (κ3) is 2.96. The second-order valence-corrected chi connectivity index (χ2v) is 5.55. The van der Waals surface area contributed by atoms with Crippen molar-refractivity contribution in [2.45, 2.75) is 12.5 Å². The minimum Gasteiger partial charge on any atom is -0.480 e. The van der Waals surface area contributed by atoms with Gasteiger partial charge in [0.2, 0.25) is 6.79 Å². The number of nitrogens with zero attached hydrogens (tertiary/aromatic N) is 2. The molecule has 0 aromatic heterocycles. The Labute approximate surface area is 123 Å². The maximum absolute atomic E-state index is 11.8. The van der Waals surface area contributed by atoms with Gasteiger partial charge in [0.25, 0.3) is 0 Å². The van der Waals surface area contributed by atoms with Gasteiger partial charge in [-0.3, -0.25) is 9.69 Å². The normalized spacial score (nSPS) is 21.0. The second kappa shape index (κ2) is 5.91. The third-order valence-electron chi connectivity index (χ3n) is 4.07. The maximum Gasteiger partial charge on any atom is 0.325 e. The van der Waals surface area contributed by atoms with Crippen LogP contribution in [0.1, 0.15) is 18.0 Å². The molecule has 0 spiro atoms. The first-order chi connectivity index (χ1) is 10.1. The van der Waals surface area contributed by atoms with Crippen LogP contribution >= 0.6 is 0 Å². The molecule has 0 radical (unpaired) electrons. The lowest BCUT2D eigenvalue weighted by atomic mass is 10.0. The Bertz CT molecular complexity index is 534. The molecule has 0 bridgehead atoms. The number of hydrogen-bond donors (Lipinski definition) is 1. The Kier molecular flexibility index (Phi) is 3.98. The highest BCUT2D eigenvalue weighted by Crippen LogP contribution is 2.35. The number of ether oxygens (including phenoxy) is 2. The molecule has 3 rings (SSSR count). The van der Waals surface area contributed by atoms with Crippen LogP contribution in [0.3, 0.4) is 0 Å². The average molecular weight is 292 g/mol. The molecule has 0 aliphatic carbocycles. The van der Waals surface area contributed by atoms with Crippen molar-refractivity contribution >= 4 is 5.97 Å². The molecule has 6 heteroatoms. The number of carboxylic acids is 1. The average Bonchev–Trinajstić information content (AvgIpc) is 2.82. The molecule has 0 amide bonds. The number of fused-ring (bicyclic) bond motifs is 1. The van der Waals surface area contributed by atoms with E-state index in [0.717, 1.165) is 38.2 Å². The van der Waals surface area contributed by atoms with Crippen molar-refractivity contribution in [2.24, 2.45) is 0 Å². The van der Waals surface area contributed by atoms with Crippen LogP contribution in [0.25, 0.3) is 0 Å². The summed E-state index contributed by atoms with van der Waals surface area (Å²) in [4.78, 5) is 16.0. The van der Waals surface area contributed by atoms with E-state index in [1.165, 1.54) is 0 Å². The van der Waals surface area contributed by atoms with Gasteiger partial charge in [0.1, 0.15) is 6.04 Å². The fraction of sp³-hybridized carbons (Fsp3) is 0.533. The Morgan fingerprint density at radius 1 is 1.19 bits per heavy atom. The van der Waals surface area contributed by atoms with Gasteiger partial charge in [0, 0.05) is 19.6 Å². The van der Waals surface area contributed by atoms with E-state index in [1.807, 2.05) is 11.0 Å². The van der Waals surface area contributed by atoms with Crippen molar-refractivity contribution in [1.29, 1.82) is 0 Å². The second-order valence-electron chi connectivity index (χ2n) is 5.55. The van der Waals surface area contributed by atoms with E-state index < -0.39 is 12.0 Å². The number of carboxylic acid groups (broad SMARTS) is 1. The number of aliphatic carboxylic acids is 1. The van der Waals surface area contributed by atoms with Crippen LogP contribution in [0.4, 0.5) is 0 Å². The number of hydrogen-bond acceptors (Lipinski definition) is 5. The van der Waals surface area contributed by atoms with Gasteiger partial charge in [-0.2, -0.15) is 0 Å². The first-order valence-corrected chi connectivity index (χ1v) is 7.20. The highest BCUT2D eigenvalue weighted by atomic mass is 16.7. The monoisotopic (exact) mass is 292 g/mol. The van der Waals surface area contributed by atoms with Gasteiger partial charge in [-0.1, -0.05) is 6.07 Å². The molecule has 0 saturated carbocycles. The third-order valence-corrected chi connectivity index (χ3v) is 4.07. The van der Waals surface area contributed by atoms with Crippen molar-refractivity contribution in [3.05, 3.63) is 23.8 Å². The van der Waals surface area contributed by atoms with Gasteiger partial charge in [-0.05, 0) is 37.7 Å². The molecule has 1 fully saturated rings. The first-order valence-electron chi connectivity index (χ1n) is 7.20. The highest BCUT2D eigenvalue weighted by molar-refractivity contribution is 5.76. The van der Waals surface area contributed by atoms with Crippen molar-refractivity contribution in [1.82, 2.24) is 9.80 Å². The van der Waals surface area contributed by atoms with Crippen molar-refractivity contribution in [2.75, 3.05) is 40.0 Å². The number of carbonyl (C=O) groups is 1. The summed E-state index contributed by atoms with van der Waals surface area (Å²) in [5.41, 5.74) is 0.747. The van der Waals surface area contributed by atoms with E-state index in [9.17, 15) is 9.90 Å². The summed E-state index contributed by atoms with van der Waals surface area (Å²) < 4.78 is 10.6. The van der Waals surface area contributed by atoms with Crippen LogP contribution < -0.4 is 9.47 Å². The molecule has 1 atom stereocenters. The van der Waals surface area contributed by atoms with Crippen LogP contribution in [0.2, 0.25) is 0 Å². The maximum atomic E-state index is 11.8. The molecule has 114 valence electrons. The zero-order valence-electron chi connectivity index (χ0n) is 12.1. The minimum atomic E-state index is -0.821. The molecule has 1 aromatic carbocycles. The Hall–Kier alpha value is -1.79.